The first kappa shape index (κ1) is 12.6. The Hall–Kier alpha value is -3.15. The topological polar surface area (TPSA) is 83.8 Å². The maximum absolute atomic E-state index is 10.9. The summed E-state index contributed by atoms with van der Waals surface area (Å²) in [5, 5.41) is 18.0. The number of rotatable bonds is 3. The number of benzene rings is 2. The van der Waals surface area contributed by atoms with Gasteiger partial charge in [-0.15, -0.1) is 5.10 Å². The van der Waals surface area contributed by atoms with Crippen LogP contribution >= 0.6 is 0 Å². The lowest BCUT2D eigenvalue weighted by atomic mass is 10.0. The number of hydrogen-bond donors (Lipinski definition) is 2. The Kier molecular flexibility index (Phi) is 2.69. The summed E-state index contributed by atoms with van der Waals surface area (Å²) in [5.41, 5.74) is 4.53. The van der Waals surface area contributed by atoms with Crippen LogP contribution in [0.25, 0.3) is 33.1 Å². The molecule has 2 heterocycles. The van der Waals surface area contributed by atoms with Crippen molar-refractivity contribution in [2.75, 3.05) is 0 Å². The smallest absolute Gasteiger partial charge is 0.325 e. The molecular weight excluding hydrogens is 280 g/mol. The Labute approximate surface area is 125 Å². The summed E-state index contributed by atoms with van der Waals surface area (Å²) in [5.74, 6) is -0.940. The number of carbonyl (C=O) groups is 1. The molecular formula is C16H12N4O2. The molecule has 6 nitrogen and oxygen atoms in total. The van der Waals surface area contributed by atoms with E-state index < -0.39 is 5.97 Å². The SMILES string of the molecule is O=C(O)Cn1nnc2ccc(-c3c[nH]c4ccccc34)cc21. The first-order valence-corrected chi connectivity index (χ1v) is 6.84. The van der Waals surface area contributed by atoms with E-state index in [0.717, 1.165) is 22.0 Å². The van der Waals surface area contributed by atoms with Gasteiger partial charge < -0.3 is 10.1 Å². The fourth-order valence-corrected chi connectivity index (χ4v) is 2.69. The first-order valence-electron chi connectivity index (χ1n) is 6.84. The molecule has 0 aliphatic heterocycles. The number of carboxylic acids is 1. The van der Waals surface area contributed by atoms with Crippen LogP contribution in [-0.2, 0) is 11.3 Å². The first-order chi connectivity index (χ1) is 10.7. The molecule has 0 spiro atoms. The second-order valence-corrected chi connectivity index (χ2v) is 5.09. The Morgan fingerprint density at radius 3 is 2.95 bits per heavy atom. The largest absolute Gasteiger partial charge is 0.480 e. The minimum atomic E-state index is -0.940. The number of hydrogen-bond acceptors (Lipinski definition) is 3. The summed E-state index contributed by atoms with van der Waals surface area (Å²) >= 11 is 0. The molecule has 2 aromatic heterocycles. The highest BCUT2D eigenvalue weighted by Gasteiger charge is 2.11. The molecule has 2 N–H and O–H groups in total. The van der Waals surface area contributed by atoms with Gasteiger partial charge in [-0.2, -0.15) is 0 Å². The van der Waals surface area contributed by atoms with Crippen molar-refractivity contribution in [3.8, 4) is 11.1 Å². The third kappa shape index (κ3) is 1.93. The highest BCUT2D eigenvalue weighted by Crippen LogP contribution is 2.30. The van der Waals surface area contributed by atoms with Crippen LogP contribution in [0, 0.1) is 0 Å². The van der Waals surface area contributed by atoms with Crippen molar-refractivity contribution in [3.05, 3.63) is 48.7 Å². The van der Waals surface area contributed by atoms with Gasteiger partial charge in [0.15, 0.2) is 0 Å². The van der Waals surface area contributed by atoms with Crippen LogP contribution in [0.1, 0.15) is 0 Å². The molecule has 0 aliphatic carbocycles. The third-order valence-electron chi connectivity index (χ3n) is 3.70. The Morgan fingerprint density at radius 1 is 1.23 bits per heavy atom. The van der Waals surface area contributed by atoms with E-state index in [1.807, 2.05) is 42.6 Å². The van der Waals surface area contributed by atoms with Gasteiger partial charge in [-0.25, -0.2) is 4.68 Å². The maximum atomic E-state index is 10.9. The van der Waals surface area contributed by atoms with Crippen molar-refractivity contribution in [2.24, 2.45) is 0 Å². The van der Waals surface area contributed by atoms with E-state index in [9.17, 15) is 4.79 Å². The molecule has 0 bridgehead atoms. The van der Waals surface area contributed by atoms with Gasteiger partial charge in [0, 0.05) is 22.7 Å². The Morgan fingerprint density at radius 2 is 2.09 bits per heavy atom. The molecule has 0 radical (unpaired) electrons. The van der Waals surface area contributed by atoms with E-state index in [0.29, 0.717) is 11.0 Å². The van der Waals surface area contributed by atoms with Crippen LogP contribution in [0.2, 0.25) is 0 Å². The number of fused-ring (bicyclic) bond motifs is 2. The second kappa shape index (κ2) is 4.70. The number of aromatic amines is 1. The number of carboxylic acid groups (broad SMARTS) is 1. The quantitative estimate of drug-likeness (QED) is 0.608. The van der Waals surface area contributed by atoms with E-state index >= 15 is 0 Å². The van der Waals surface area contributed by atoms with Crippen molar-refractivity contribution in [1.82, 2.24) is 20.0 Å². The van der Waals surface area contributed by atoms with Gasteiger partial charge in [0.05, 0.1) is 5.52 Å². The van der Waals surface area contributed by atoms with E-state index in [4.69, 9.17) is 5.11 Å². The molecule has 0 saturated carbocycles. The van der Waals surface area contributed by atoms with Crippen LogP contribution in [0.4, 0.5) is 0 Å². The summed E-state index contributed by atoms with van der Waals surface area (Å²) in [6, 6.07) is 13.8. The normalized spacial score (nSPS) is 11.3. The fourth-order valence-electron chi connectivity index (χ4n) is 2.69. The monoisotopic (exact) mass is 292 g/mol. The fraction of sp³-hybridized carbons (Fsp3) is 0.0625. The number of nitrogens with one attached hydrogen (secondary N) is 1. The summed E-state index contributed by atoms with van der Waals surface area (Å²) in [4.78, 5) is 14.1. The zero-order valence-electron chi connectivity index (χ0n) is 11.5. The van der Waals surface area contributed by atoms with Crippen molar-refractivity contribution >= 4 is 27.9 Å². The lowest BCUT2D eigenvalue weighted by Crippen LogP contribution is -2.09. The zero-order chi connectivity index (χ0) is 15.1. The molecule has 0 fully saturated rings. The van der Waals surface area contributed by atoms with Gasteiger partial charge in [-0.05, 0) is 23.8 Å². The van der Waals surface area contributed by atoms with Gasteiger partial charge in [0.1, 0.15) is 12.1 Å². The van der Waals surface area contributed by atoms with Crippen LogP contribution in [0.5, 0.6) is 0 Å². The molecule has 4 rings (SSSR count). The summed E-state index contributed by atoms with van der Waals surface area (Å²) in [6.07, 6.45) is 1.96. The van der Waals surface area contributed by atoms with Crippen molar-refractivity contribution in [3.63, 3.8) is 0 Å². The molecule has 0 atom stereocenters. The second-order valence-electron chi connectivity index (χ2n) is 5.09. The van der Waals surface area contributed by atoms with E-state index in [1.54, 1.807) is 0 Å². The highest BCUT2D eigenvalue weighted by molar-refractivity contribution is 5.97. The maximum Gasteiger partial charge on any atom is 0.325 e. The average molecular weight is 292 g/mol. The molecule has 108 valence electrons. The molecule has 0 aliphatic rings. The molecule has 6 heteroatoms. The van der Waals surface area contributed by atoms with Crippen molar-refractivity contribution in [2.45, 2.75) is 6.54 Å². The zero-order valence-corrected chi connectivity index (χ0v) is 11.5. The molecule has 22 heavy (non-hydrogen) atoms. The van der Waals surface area contributed by atoms with Gasteiger partial charge in [0.2, 0.25) is 0 Å². The summed E-state index contributed by atoms with van der Waals surface area (Å²) < 4.78 is 1.40. The number of H-pyrrole nitrogens is 1. The molecule has 4 aromatic rings. The Bertz CT molecular complexity index is 1000. The van der Waals surface area contributed by atoms with Crippen LogP contribution < -0.4 is 0 Å². The standard InChI is InChI=1S/C16H12N4O2/c21-16(22)9-20-15-7-10(5-6-14(15)18-19-20)12-8-17-13-4-2-1-3-11(12)13/h1-8,17H,9H2,(H,21,22). The van der Waals surface area contributed by atoms with Crippen molar-refractivity contribution < 1.29 is 9.90 Å². The molecule has 2 aromatic carbocycles. The minimum Gasteiger partial charge on any atom is -0.480 e. The number of aromatic nitrogens is 4. The number of nitrogens with zero attached hydrogens (tertiary/aromatic N) is 3. The lowest BCUT2D eigenvalue weighted by molar-refractivity contribution is -0.137. The van der Waals surface area contributed by atoms with Gasteiger partial charge in [-0.1, -0.05) is 29.5 Å². The number of aliphatic carboxylic acids is 1. The van der Waals surface area contributed by atoms with Gasteiger partial charge in [-0.3, -0.25) is 4.79 Å². The van der Waals surface area contributed by atoms with E-state index in [2.05, 4.69) is 21.4 Å². The van der Waals surface area contributed by atoms with Crippen LogP contribution in [-0.4, -0.2) is 31.1 Å². The highest BCUT2D eigenvalue weighted by atomic mass is 16.4. The van der Waals surface area contributed by atoms with Crippen LogP contribution in [0.3, 0.4) is 0 Å². The van der Waals surface area contributed by atoms with Gasteiger partial charge >= 0.3 is 5.97 Å². The van der Waals surface area contributed by atoms with E-state index in [1.165, 1.54) is 4.68 Å². The Balaban J connectivity index is 1.90. The van der Waals surface area contributed by atoms with Crippen molar-refractivity contribution in [1.29, 1.82) is 0 Å². The van der Waals surface area contributed by atoms with Gasteiger partial charge in [0.25, 0.3) is 0 Å². The third-order valence-corrected chi connectivity index (χ3v) is 3.70. The predicted octanol–water partition coefficient (Wildman–Crippen LogP) is 2.66. The molecule has 0 saturated heterocycles. The summed E-state index contributed by atoms with van der Waals surface area (Å²) in [7, 11) is 0. The number of para-hydroxylation sites is 1. The average Bonchev–Trinajstić information content (AvgIpc) is 3.11. The predicted molar refractivity (Wildman–Crippen MR) is 82.5 cm³/mol. The van der Waals surface area contributed by atoms with Crippen LogP contribution in [0.15, 0.2) is 48.7 Å². The molecule has 0 amide bonds. The lowest BCUT2D eigenvalue weighted by Gasteiger charge is -2.02. The summed E-state index contributed by atoms with van der Waals surface area (Å²) in [6.45, 7) is -0.201. The molecule has 0 unspecified atom stereocenters. The minimum absolute atomic E-state index is 0.201. The van der Waals surface area contributed by atoms with E-state index in [-0.39, 0.29) is 6.54 Å².